The molecule has 0 radical (unpaired) electrons. The molecular weight excluding hydrogens is 210 g/mol. The van der Waals surface area contributed by atoms with Crippen LogP contribution in [-0.2, 0) is 13.1 Å². The van der Waals surface area contributed by atoms with Crippen LogP contribution in [0, 0.1) is 11.3 Å². The molecule has 3 nitrogen and oxygen atoms in total. The second-order valence-electron chi connectivity index (χ2n) is 5.78. The Kier molecular flexibility index (Phi) is 2.95. The number of nitrogens with one attached hydrogen (secondary N) is 1. The molecule has 0 amide bonds. The zero-order chi connectivity index (χ0) is 11.7. The lowest BCUT2D eigenvalue weighted by Crippen LogP contribution is -2.26. The van der Waals surface area contributed by atoms with Crippen molar-refractivity contribution in [1.82, 2.24) is 14.9 Å². The molecule has 0 atom stereocenters. The summed E-state index contributed by atoms with van der Waals surface area (Å²) in [5.74, 6) is 2.24. The first-order chi connectivity index (χ1) is 8.34. The highest BCUT2D eigenvalue weighted by Gasteiger charge is 2.53. The van der Waals surface area contributed by atoms with Gasteiger partial charge in [-0.05, 0) is 43.4 Å². The van der Waals surface area contributed by atoms with Crippen LogP contribution in [0.3, 0.4) is 0 Å². The van der Waals surface area contributed by atoms with Crippen molar-refractivity contribution in [3.05, 3.63) is 18.2 Å². The Morgan fingerprint density at radius 2 is 2.29 bits per heavy atom. The van der Waals surface area contributed by atoms with E-state index >= 15 is 0 Å². The molecule has 94 valence electrons. The van der Waals surface area contributed by atoms with Gasteiger partial charge in [-0.3, -0.25) is 0 Å². The maximum Gasteiger partial charge on any atom is 0.122 e. The minimum atomic E-state index is 0.697. The molecule has 2 aliphatic carbocycles. The second-order valence-corrected chi connectivity index (χ2v) is 5.78. The van der Waals surface area contributed by atoms with Gasteiger partial charge in [-0.2, -0.15) is 0 Å². The predicted octanol–water partition coefficient (Wildman–Crippen LogP) is 2.57. The van der Waals surface area contributed by atoms with Crippen LogP contribution in [-0.4, -0.2) is 16.1 Å². The van der Waals surface area contributed by atoms with Gasteiger partial charge in [-0.25, -0.2) is 4.98 Å². The summed E-state index contributed by atoms with van der Waals surface area (Å²) in [6.07, 6.45) is 11.0. The highest BCUT2D eigenvalue weighted by Crippen LogP contribution is 2.60. The number of imidazole rings is 1. The van der Waals surface area contributed by atoms with Crippen LogP contribution in [0.2, 0.25) is 0 Å². The van der Waals surface area contributed by atoms with Crippen LogP contribution in [0.5, 0.6) is 0 Å². The standard InChI is InChI=1S/C14H23N3/c1-2-8-17-9-7-16-13(17)10-15-11-14(5-6-14)12-3-4-12/h7,9,12,15H,2-6,8,10-11H2,1H3. The predicted molar refractivity (Wildman–Crippen MR) is 68.6 cm³/mol. The lowest BCUT2D eigenvalue weighted by molar-refractivity contribution is 0.398. The summed E-state index contributed by atoms with van der Waals surface area (Å²) < 4.78 is 2.27. The molecule has 1 aromatic heterocycles. The van der Waals surface area contributed by atoms with E-state index in [4.69, 9.17) is 0 Å². The van der Waals surface area contributed by atoms with Gasteiger partial charge >= 0.3 is 0 Å². The van der Waals surface area contributed by atoms with Gasteiger partial charge in [0.25, 0.3) is 0 Å². The molecule has 17 heavy (non-hydrogen) atoms. The number of nitrogens with zero attached hydrogens (tertiary/aromatic N) is 2. The van der Waals surface area contributed by atoms with E-state index in [0.717, 1.165) is 19.0 Å². The van der Waals surface area contributed by atoms with E-state index in [1.54, 1.807) is 0 Å². The molecule has 2 fully saturated rings. The maximum atomic E-state index is 4.44. The molecule has 3 heteroatoms. The Hall–Kier alpha value is -0.830. The third-order valence-corrected chi connectivity index (χ3v) is 4.36. The first-order valence-electron chi connectivity index (χ1n) is 7.05. The molecule has 0 bridgehead atoms. The number of hydrogen-bond acceptors (Lipinski definition) is 2. The first-order valence-corrected chi connectivity index (χ1v) is 7.05. The average Bonchev–Trinajstić information content (AvgIpc) is 3.21. The molecule has 0 saturated heterocycles. The zero-order valence-electron chi connectivity index (χ0n) is 10.8. The van der Waals surface area contributed by atoms with Crippen molar-refractivity contribution in [2.75, 3.05) is 6.54 Å². The third kappa shape index (κ3) is 2.39. The van der Waals surface area contributed by atoms with E-state index in [-0.39, 0.29) is 0 Å². The fourth-order valence-corrected chi connectivity index (χ4v) is 2.96. The number of aryl methyl sites for hydroxylation is 1. The number of hydrogen-bond donors (Lipinski definition) is 1. The van der Waals surface area contributed by atoms with Crippen LogP contribution < -0.4 is 5.32 Å². The van der Waals surface area contributed by atoms with E-state index in [1.165, 1.54) is 44.5 Å². The summed E-state index contributed by atoms with van der Waals surface area (Å²) in [6, 6.07) is 0. The highest BCUT2D eigenvalue weighted by atomic mass is 15.1. The summed E-state index contributed by atoms with van der Waals surface area (Å²) >= 11 is 0. The van der Waals surface area contributed by atoms with Crippen LogP contribution in [0.25, 0.3) is 0 Å². The summed E-state index contributed by atoms with van der Waals surface area (Å²) in [6.45, 7) is 5.44. The summed E-state index contributed by atoms with van der Waals surface area (Å²) in [5.41, 5.74) is 0.697. The molecular formula is C14H23N3. The van der Waals surface area contributed by atoms with E-state index in [0.29, 0.717) is 5.41 Å². The van der Waals surface area contributed by atoms with Crippen LogP contribution in [0.4, 0.5) is 0 Å². The van der Waals surface area contributed by atoms with Crippen molar-refractivity contribution in [2.24, 2.45) is 11.3 Å². The molecule has 2 saturated carbocycles. The van der Waals surface area contributed by atoms with Gasteiger partial charge in [0.05, 0.1) is 6.54 Å². The number of aromatic nitrogens is 2. The Bertz CT molecular complexity index is 375. The SMILES string of the molecule is CCCn1ccnc1CNCC1(C2CC2)CC1. The first kappa shape index (κ1) is 11.3. The van der Waals surface area contributed by atoms with Crippen LogP contribution in [0.1, 0.15) is 44.9 Å². The summed E-state index contributed by atoms with van der Waals surface area (Å²) in [7, 11) is 0. The van der Waals surface area contributed by atoms with Crippen molar-refractivity contribution in [3.63, 3.8) is 0 Å². The van der Waals surface area contributed by atoms with E-state index in [2.05, 4.69) is 28.0 Å². The average molecular weight is 233 g/mol. The van der Waals surface area contributed by atoms with Gasteiger partial charge in [0.2, 0.25) is 0 Å². The quantitative estimate of drug-likeness (QED) is 0.784. The van der Waals surface area contributed by atoms with Gasteiger partial charge in [0.15, 0.2) is 0 Å². The number of rotatable bonds is 7. The molecule has 1 heterocycles. The van der Waals surface area contributed by atoms with Crippen LogP contribution >= 0.6 is 0 Å². The fraction of sp³-hybridized carbons (Fsp3) is 0.786. The van der Waals surface area contributed by atoms with Gasteiger partial charge in [0, 0.05) is 25.5 Å². The van der Waals surface area contributed by atoms with E-state index < -0.39 is 0 Å². The molecule has 2 aliphatic rings. The van der Waals surface area contributed by atoms with Crippen molar-refractivity contribution in [2.45, 2.75) is 52.1 Å². The minimum absolute atomic E-state index is 0.697. The van der Waals surface area contributed by atoms with Gasteiger partial charge in [0.1, 0.15) is 5.82 Å². The maximum absolute atomic E-state index is 4.44. The smallest absolute Gasteiger partial charge is 0.122 e. The normalized spacial score (nSPS) is 21.7. The largest absolute Gasteiger partial charge is 0.334 e. The molecule has 0 spiro atoms. The minimum Gasteiger partial charge on any atom is -0.334 e. The molecule has 3 rings (SSSR count). The lowest BCUT2D eigenvalue weighted by Gasteiger charge is -2.15. The van der Waals surface area contributed by atoms with Crippen molar-refractivity contribution in [3.8, 4) is 0 Å². The molecule has 0 unspecified atom stereocenters. The third-order valence-electron chi connectivity index (χ3n) is 4.36. The zero-order valence-corrected chi connectivity index (χ0v) is 10.8. The highest BCUT2D eigenvalue weighted by molar-refractivity contribution is 5.05. The Balaban J connectivity index is 1.48. The topological polar surface area (TPSA) is 29.9 Å². The second kappa shape index (κ2) is 4.45. The molecule has 0 aromatic carbocycles. The van der Waals surface area contributed by atoms with Gasteiger partial charge in [-0.1, -0.05) is 6.92 Å². The Morgan fingerprint density at radius 1 is 1.47 bits per heavy atom. The fourth-order valence-electron chi connectivity index (χ4n) is 2.96. The van der Waals surface area contributed by atoms with E-state index in [9.17, 15) is 0 Å². The Morgan fingerprint density at radius 3 is 2.94 bits per heavy atom. The Labute approximate surface area is 104 Å². The van der Waals surface area contributed by atoms with Gasteiger partial charge in [-0.15, -0.1) is 0 Å². The van der Waals surface area contributed by atoms with Gasteiger partial charge < -0.3 is 9.88 Å². The van der Waals surface area contributed by atoms with Crippen molar-refractivity contribution in [1.29, 1.82) is 0 Å². The van der Waals surface area contributed by atoms with Crippen molar-refractivity contribution < 1.29 is 0 Å². The van der Waals surface area contributed by atoms with Crippen LogP contribution in [0.15, 0.2) is 12.4 Å². The lowest BCUT2D eigenvalue weighted by atomic mass is 10.0. The van der Waals surface area contributed by atoms with Crippen molar-refractivity contribution >= 4 is 0 Å². The van der Waals surface area contributed by atoms with E-state index in [1.807, 2.05) is 6.20 Å². The molecule has 1 N–H and O–H groups in total. The summed E-state index contributed by atoms with van der Waals surface area (Å²) in [4.78, 5) is 4.44. The summed E-state index contributed by atoms with van der Waals surface area (Å²) in [5, 5.41) is 3.63. The monoisotopic (exact) mass is 233 g/mol. The molecule has 1 aromatic rings. The molecule has 0 aliphatic heterocycles.